The highest BCUT2D eigenvalue weighted by Crippen LogP contribution is 2.49. The molecule has 3 aliphatic rings. The number of aliphatic hydroxyl groups is 1. The Morgan fingerprint density at radius 1 is 1.24 bits per heavy atom. The molecule has 3 heterocycles. The molecule has 0 unspecified atom stereocenters. The monoisotopic (exact) mass is 779 g/mol. The number of fused-ring (bicyclic) bond motifs is 5. The fourth-order valence-corrected chi connectivity index (χ4v) is 7.47. The Kier molecular flexibility index (Phi) is 12.0. The number of esters is 1. The molecule has 14 nitrogen and oxygen atoms in total. The summed E-state index contributed by atoms with van der Waals surface area (Å²) in [5.74, 6) is -2.80. The van der Waals surface area contributed by atoms with Gasteiger partial charge in [0.1, 0.15) is 34.6 Å². The summed E-state index contributed by atoms with van der Waals surface area (Å²) in [7, 11) is 4.52. The van der Waals surface area contributed by atoms with Crippen LogP contribution in [0.3, 0.4) is 0 Å². The number of hydrogen-bond donors (Lipinski definition) is 4. The number of nitrogens with one attached hydrogen (secondary N) is 2. The van der Waals surface area contributed by atoms with E-state index in [1.54, 1.807) is 70.3 Å². The standard InChI is InChI=1S/C40H50ClN5O9/c1-21-10-9-11-27(20-42)40(51)19-31(53-38(50)44-40)23(3)35-39(5,55-35)32(18-33(47)46(7)29-16-25(14-21)17-30(52-8)34(29)41)54-37(49)24(4)45(6)36(48)26-12-13-28(43)22(2)15-26/h9-13,15-17,20,23-24,27,31-32,35,42,51H,14,18-19,43H2,1-8H3,(H,44,50)/b11-9+,21-10+,42-20?/t23-,24+,27+,31+,32+,35+,39+,40+/m1/s1. The van der Waals surface area contributed by atoms with Gasteiger partial charge < -0.3 is 45.0 Å². The fourth-order valence-electron chi connectivity index (χ4n) is 7.16. The van der Waals surface area contributed by atoms with Crippen LogP contribution in [0.25, 0.3) is 0 Å². The predicted octanol–water partition coefficient (Wildman–Crippen LogP) is 4.97. The van der Waals surface area contributed by atoms with Crippen molar-refractivity contribution < 1.29 is 43.2 Å². The van der Waals surface area contributed by atoms with Crippen molar-refractivity contribution in [2.24, 2.45) is 11.8 Å². The van der Waals surface area contributed by atoms with Gasteiger partial charge >= 0.3 is 12.1 Å². The minimum absolute atomic E-state index is 0.0896. The Balaban J connectivity index is 1.52. The van der Waals surface area contributed by atoms with Crippen LogP contribution in [-0.2, 0) is 30.2 Å². The molecule has 0 aliphatic carbocycles. The molecule has 3 amide bonds. The summed E-state index contributed by atoms with van der Waals surface area (Å²) in [5.41, 5.74) is 6.45. The van der Waals surface area contributed by atoms with Crippen molar-refractivity contribution in [1.82, 2.24) is 10.2 Å². The third-order valence-electron chi connectivity index (χ3n) is 11.0. The molecule has 3 aliphatic heterocycles. The number of ether oxygens (including phenoxy) is 4. The molecule has 2 saturated heterocycles. The summed E-state index contributed by atoms with van der Waals surface area (Å²) in [5, 5.41) is 22.5. The molecule has 4 bridgehead atoms. The summed E-state index contributed by atoms with van der Waals surface area (Å²) in [6.07, 6.45) is 2.59. The average molecular weight is 780 g/mol. The van der Waals surface area contributed by atoms with Gasteiger partial charge in [0.15, 0.2) is 5.72 Å². The lowest BCUT2D eigenvalue weighted by atomic mass is 9.81. The van der Waals surface area contributed by atoms with E-state index in [0.29, 0.717) is 34.7 Å². The fraction of sp³-hybridized carbons (Fsp3) is 0.475. The number of alkyl carbamates (subject to hydrolysis) is 1. The number of nitrogens with zero attached hydrogens (tertiary/aromatic N) is 2. The third kappa shape index (κ3) is 8.51. The average Bonchev–Trinajstić information content (AvgIpc) is 3.84. The molecule has 15 heteroatoms. The highest BCUT2D eigenvalue weighted by Gasteiger charge is 2.64. The number of carbonyl (C=O) groups is 4. The smallest absolute Gasteiger partial charge is 0.409 e. The van der Waals surface area contributed by atoms with Crippen LogP contribution in [-0.4, -0.2) is 97.0 Å². The number of benzene rings is 2. The number of hydrogen-bond acceptors (Lipinski definition) is 11. The number of allylic oxidation sites excluding steroid dienone is 3. The molecule has 2 fully saturated rings. The van der Waals surface area contributed by atoms with Gasteiger partial charge in [0, 0.05) is 43.9 Å². The lowest BCUT2D eigenvalue weighted by Gasteiger charge is -2.41. The van der Waals surface area contributed by atoms with Gasteiger partial charge in [-0.25, -0.2) is 9.59 Å². The summed E-state index contributed by atoms with van der Waals surface area (Å²) in [6, 6.07) is 7.31. The van der Waals surface area contributed by atoms with E-state index in [1.165, 1.54) is 30.9 Å². The number of amides is 3. The Morgan fingerprint density at radius 3 is 2.60 bits per heavy atom. The van der Waals surface area contributed by atoms with E-state index < -0.39 is 71.4 Å². The molecule has 0 spiro atoms. The van der Waals surface area contributed by atoms with E-state index in [2.05, 4.69) is 5.32 Å². The summed E-state index contributed by atoms with van der Waals surface area (Å²) >= 11 is 6.76. The van der Waals surface area contributed by atoms with Crippen LogP contribution in [0.5, 0.6) is 5.75 Å². The molecule has 2 aromatic rings. The minimum Gasteiger partial charge on any atom is -0.495 e. The van der Waals surface area contributed by atoms with Crippen molar-refractivity contribution in [3.63, 3.8) is 0 Å². The highest BCUT2D eigenvalue weighted by molar-refractivity contribution is 6.35. The summed E-state index contributed by atoms with van der Waals surface area (Å²) in [6.45, 7) is 8.67. The van der Waals surface area contributed by atoms with Crippen molar-refractivity contribution in [3.8, 4) is 5.75 Å². The Morgan fingerprint density at radius 2 is 1.95 bits per heavy atom. The van der Waals surface area contributed by atoms with E-state index in [4.69, 9.17) is 41.7 Å². The molecule has 5 rings (SSSR count). The molecular weight excluding hydrogens is 730 g/mol. The van der Waals surface area contributed by atoms with Crippen LogP contribution in [0.1, 0.15) is 62.0 Å². The van der Waals surface area contributed by atoms with Crippen molar-refractivity contribution in [3.05, 3.63) is 75.8 Å². The van der Waals surface area contributed by atoms with Gasteiger partial charge in [-0.15, -0.1) is 0 Å². The zero-order valence-corrected chi connectivity index (χ0v) is 33.1. The highest BCUT2D eigenvalue weighted by atomic mass is 35.5. The molecule has 0 aromatic heterocycles. The van der Waals surface area contributed by atoms with Gasteiger partial charge in [0.2, 0.25) is 5.91 Å². The van der Waals surface area contributed by atoms with Crippen LogP contribution in [0.2, 0.25) is 5.02 Å². The maximum absolute atomic E-state index is 14.2. The van der Waals surface area contributed by atoms with Gasteiger partial charge in [-0.3, -0.25) is 14.9 Å². The minimum atomic E-state index is -1.86. The van der Waals surface area contributed by atoms with E-state index >= 15 is 0 Å². The number of aryl methyl sites for hydroxylation is 1. The van der Waals surface area contributed by atoms with Crippen LogP contribution in [0.15, 0.2) is 54.1 Å². The number of likely N-dealkylation sites (N-methyl/N-ethyl adjacent to an activating group) is 1. The molecule has 2 aromatic carbocycles. The first-order valence-corrected chi connectivity index (χ1v) is 18.4. The third-order valence-corrected chi connectivity index (χ3v) is 11.4. The number of rotatable bonds is 6. The second kappa shape index (κ2) is 16.0. The number of carbonyl (C=O) groups excluding carboxylic acids is 4. The van der Waals surface area contributed by atoms with Gasteiger partial charge in [-0.2, -0.15) is 0 Å². The van der Waals surface area contributed by atoms with Crippen molar-refractivity contribution >= 4 is 53.1 Å². The van der Waals surface area contributed by atoms with Crippen LogP contribution >= 0.6 is 11.6 Å². The number of nitrogen functional groups attached to an aromatic ring is 1. The first-order chi connectivity index (χ1) is 25.8. The normalized spacial score (nSPS) is 30.3. The Labute approximate surface area is 326 Å². The van der Waals surface area contributed by atoms with Crippen LogP contribution in [0.4, 0.5) is 16.2 Å². The molecule has 8 atom stereocenters. The van der Waals surface area contributed by atoms with E-state index in [0.717, 1.165) is 17.4 Å². The lowest BCUT2D eigenvalue weighted by molar-refractivity contribution is -0.158. The summed E-state index contributed by atoms with van der Waals surface area (Å²) < 4.78 is 23.6. The zero-order chi connectivity index (χ0) is 40.6. The topological polar surface area (TPSA) is 197 Å². The van der Waals surface area contributed by atoms with E-state index in [1.807, 2.05) is 13.0 Å². The lowest BCUT2D eigenvalue weighted by Crippen LogP contribution is -2.61. The van der Waals surface area contributed by atoms with Crippen molar-refractivity contribution in [2.75, 3.05) is 31.8 Å². The van der Waals surface area contributed by atoms with E-state index in [9.17, 15) is 24.3 Å². The molecule has 5 N–H and O–H groups in total. The Bertz CT molecular complexity index is 1940. The van der Waals surface area contributed by atoms with Gasteiger partial charge in [-0.1, -0.05) is 42.3 Å². The summed E-state index contributed by atoms with van der Waals surface area (Å²) in [4.78, 5) is 57.0. The predicted molar refractivity (Wildman–Crippen MR) is 207 cm³/mol. The van der Waals surface area contributed by atoms with Gasteiger partial charge in [0.25, 0.3) is 5.91 Å². The number of anilines is 2. The van der Waals surface area contributed by atoms with Gasteiger partial charge in [0.05, 0.1) is 31.2 Å². The molecule has 296 valence electrons. The largest absolute Gasteiger partial charge is 0.495 e. The molecule has 55 heavy (non-hydrogen) atoms. The number of methoxy groups -OCH3 is 1. The van der Waals surface area contributed by atoms with Crippen molar-refractivity contribution in [1.29, 1.82) is 5.41 Å². The first-order valence-electron chi connectivity index (χ1n) is 18.0. The number of epoxide rings is 1. The number of nitrogens with two attached hydrogens (primary N) is 1. The number of halogens is 1. The quantitative estimate of drug-likeness (QED) is 0.135. The van der Waals surface area contributed by atoms with Crippen LogP contribution < -0.4 is 20.7 Å². The Hall–Kier alpha value is -4.92. The van der Waals surface area contributed by atoms with Gasteiger partial charge in [-0.05, 0) is 75.6 Å². The molecule has 0 radical (unpaired) electrons. The maximum Gasteiger partial charge on any atom is 0.409 e. The molecule has 0 saturated carbocycles. The maximum atomic E-state index is 14.2. The zero-order valence-electron chi connectivity index (χ0n) is 32.3. The first kappa shape index (κ1) is 41.2. The van der Waals surface area contributed by atoms with Crippen molar-refractivity contribution in [2.45, 2.75) is 89.6 Å². The molecular formula is C40H50ClN5O9. The van der Waals surface area contributed by atoms with Crippen LogP contribution in [0, 0.1) is 24.2 Å². The van der Waals surface area contributed by atoms with E-state index in [-0.39, 0.29) is 17.9 Å². The second-order valence-corrected chi connectivity index (χ2v) is 15.3. The SMILES string of the molecule is COc1cc2cc(c1Cl)N(C)C(=O)C[C@H](OC(=O)[C@H](C)N(C)C(=O)c1ccc(N)c(C)c1)[C@]1(C)O[C@H]1[C@H](C)[C@@H]1C[C@@](O)(NC(=O)O1)[C@H](C=N)/C=C/C=C(\C)C2. The second-order valence-electron chi connectivity index (χ2n) is 14.9.